The fraction of sp³-hybridized carbons (Fsp3) is 0.667. The fourth-order valence-electron chi connectivity index (χ4n) is 1.96. The highest BCUT2D eigenvalue weighted by atomic mass is 16.6. The van der Waals surface area contributed by atoms with E-state index in [1.54, 1.807) is 0 Å². The molecule has 0 spiro atoms. The molecule has 7 heteroatoms. The molecule has 1 saturated carbocycles. The van der Waals surface area contributed by atoms with Crippen molar-refractivity contribution < 1.29 is 9.26 Å². The van der Waals surface area contributed by atoms with E-state index in [2.05, 4.69) is 24.9 Å². The van der Waals surface area contributed by atoms with Crippen molar-refractivity contribution in [1.82, 2.24) is 24.9 Å². The molecule has 1 aliphatic rings. The summed E-state index contributed by atoms with van der Waals surface area (Å²) < 4.78 is 12.6. The first-order valence-electron chi connectivity index (χ1n) is 6.52. The van der Waals surface area contributed by atoms with Crippen molar-refractivity contribution in [2.45, 2.75) is 52.2 Å². The van der Waals surface area contributed by atoms with Gasteiger partial charge in [-0.3, -0.25) is 4.52 Å². The molecule has 19 heavy (non-hydrogen) atoms. The van der Waals surface area contributed by atoms with Gasteiger partial charge < -0.3 is 9.30 Å². The topological polar surface area (TPSA) is 78.9 Å². The zero-order chi connectivity index (χ0) is 13.4. The highest BCUT2D eigenvalue weighted by Gasteiger charge is 2.28. The van der Waals surface area contributed by atoms with Crippen LogP contribution in [0.1, 0.15) is 56.1 Å². The lowest BCUT2D eigenvalue weighted by Crippen LogP contribution is -2.07. The first-order valence-corrected chi connectivity index (χ1v) is 6.52. The smallest absolute Gasteiger partial charge is 0.417 e. The molecule has 2 heterocycles. The SMILES string of the molecule is Cc1nnc(COc2nc(C(C)C)no2)n1C1CC1. The molecule has 2 aromatic heterocycles. The monoisotopic (exact) mass is 263 g/mol. The molecule has 102 valence electrons. The molecule has 0 unspecified atom stereocenters. The van der Waals surface area contributed by atoms with E-state index in [-0.39, 0.29) is 12.0 Å². The molecule has 0 amide bonds. The second-order valence-corrected chi connectivity index (χ2v) is 5.13. The van der Waals surface area contributed by atoms with Crippen molar-refractivity contribution in [3.8, 4) is 6.08 Å². The Morgan fingerprint density at radius 3 is 2.79 bits per heavy atom. The van der Waals surface area contributed by atoms with Gasteiger partial charge in [0.15, 0.2) is 18.3 Å². The molecular weight excluding hydrogens is 246 g/mol. The Kier molecular flexibility index (Phi) is 2.96. The molecule has 0 saturated heterocycles. The molecule has 7 nitrogen and oxygen atoms in total. The molecule has 3 rings (SSSR count). The number of nitrogens with zero attached hydrogens (tertiary/aromatic N) is 5. The fourth-order valence-corrected chi connectivity index (χ4v) is 1.96. The van der Waals surface area contributed by atoms with Crippen LogP contribution in [0.25, 0.3) is 0 Å². The highest BCUT2D eigenvalue weighted by Crippen LogP contribution is 2.36. The summed E-state index contributed by atoms with van der Waals surface area (Å²) in [5, 5.41) is 12.1. The predicted octanol–water partition coefficient (Wildman–Crippen LogP) is 2.01. The largest absolute Gasteiger partial charge is 0.441 e. The third kappa shape index (κ3) is 2.45. The van der Waals surface area contributed by atoms with Gasteiger partial charge >= 0.3 is 6.08 Å². The maximum Gasteiger partial charge on any atom is 0.417 e. The van der Waals surface area contributed by atoms with E-state index in [4.69, 9.17) is 9.26 Å². The summed E-state index contributed by atoms with van der Waals surface area (Å²) in [6.07, 6.45) is 2.56. The van der Waals surface area contributed by atoms with E-state index in [1.165, 1.54) is 12.8 Å². The van der Waals surface area contributed by atoms with Gasteiger partial charge in [-0.2, -0.15) is 4.98 Å². The van der Waals surface area contributed by atoms with Crippen LogP contribution in [-0.4, -0.2) is 24.9 Å². The van der Waals surface area contributed by atoms with Gasteiger partial charge in [0.1, 0.15) is 5.82 Å². The Balaban J connectivity index is 1.68. The van der Waals surface area contributed by atoms with Crippen molar-refractivity contribution in [1.29, 1.82) is 0 Å². The minimum atomic E-state index is 0.187. The lowest BCUT2D eigenvalue weighted by Gasteiger charge is -2.05. The normalized spacial score (nSPS) is 15.2. The van der Waals surface area contributed by atoms with Crippen LogP contribution in [0.2, 0.25) is 0 Å². The second kappa shape index (κ2) is 4.64. The number of ether oxygens (including phenoxy) is 1. The average Bonchev–Trinajstić information content (AvgIpc) is 2.97. The molecule has 1 aliphatic carbocycles. The lowest BCUT2D eigenvalue weighted by molar-refractivity contribution is 0.187. The zero-order valence-corrected chi connectivity index (χ0v) is 11.3. The summed E-state index contributed by atoms with van der Waals surface area (Å²) in [7, 11) is 0. The Bertz CT molecular complexity index is 570. The van der Waals surface area contributed by atoms with E-state index >= 15 is 0 Å². The van der Waals surface area contributed by atoms with E-state index in [0.717, 1.165) is 11.6 Å². The van der Waals surface area contributed by atoms with Gasteiger partial charge in [0, 0.05) is 12.0 Å². The molecule has 0 radical (unpaired) electrons. The molecule has 0 aromatic carbocycles. The Morgan fingerprint density at radius 1 is 1.37 bits per heavy atom. The summed E-state index contributed by atoms with van der Waals surface area (Å²) in [6, 6.07) is 0.530. The Labute approximate surface area is 111 Å². The summed E-state index contributed by atoms with van der Waals surface area (Å²) in [6.45, 7) is 6.26. The predicted molar refractivity (Wildman–Crippen MR) is 65.7 cm³/mol. The van der Waals surface area contributed by atoms with Crippen LogP contribution in [0.15, 0.2) is 4.52 Å². The number of hydrogen-bond acceptors (Lipinski definition) is 6. The number of aromatic nitrogens is 5. The van der Waals surface area contributed by atoms with Crippen LogP contribution in [0, 0.1) is 6.92 Å². The van der Waals surface area contributed by atoms with E-state index in [1.807, 2.05) is 20.8 Å². The van der Waals surface area contributed by atoms with Crippen molar-refractivity contribution in [3.63, 3.8) is 0 Å². The van der Waals surface area contributed by atoms with Crippen LogP contribution < -0.4 is 4.74 Å². The van der Waals surface area contributed by atoms with E-state index in [9.17, 15) is 0 Å². The number of hydrogen-bond donors (Lipinski definition) is 0. The first kappa shape index (κ1) is 12.1. The zero-order valence-electron chi connectivity index (χ0n) is 11.3. The standard InChI is InChI=1S/C12H17N5O2/c1-7(2)11-13-12(19-16-11)18-6-10-15-14-8(3)17(10)9-4-5-9/h7,9H,4-6H2,1-3H3. The Hall–Kier alpha value is -1.92. The number of rotatable bonds is 5. The summed E-state index contributed by atoms with van der Waals surface area (Å²) in [5.74, 6) is 2.60. The summed E-state index contributed by atoms with van der Waals surface area (Å²) >= 11 is 0. The van der Waals surface area contributed by atoms with Crippen LogP contribution in [0.3, 0.4) is 0 Å². The van der Waals surface area contributed by atoms with Crippen molar-refractivity contribution in [2.75, 3.05) is 0 Å². The molecule has 0 bridgehead atoms. The van der Waals surface area contributed by atoms with Crippen molar-refractivity contribution >= 4 is 0 Å². The maximum absolute atomic E-state index is 5.49. The average molecular weight is 263 g/mol. The summed E-state index contributed by atoms with van der Waals surface area (Å²) in [5.41, 5.74) is 0. The summed E-state index contributed by atoms with van der Waals surface area (Å²) in [4.78, 5) is 4.16. The number of aryl methyl sites for hydroxylation is 1. The van der Waals surface area contributed by atoms with Gasteiger partial charge in [0.25, 0.3) is 0 Å². The third-order valence-electron chi connectivity index (χ3n) is 3.11. The first-order chi connectivity index (χ1) is 9.15. The molecular formula is C12H17N5O2. The van der Waals surface area contributed by atoms with E-state index < -0.39 is 0 Å². The van der Waals surface area contributed by atoms with Gasteiger partial charge in [0.2, 0.25) is 0 Å². The van der Waals surface area contributed by atoms with Gasteiger partial charge in [-0.1, -0.05) is 19.0 Å². The third-order valence-corrected chi connectivity index (χ3v) is 3.11. The molecule has 0 atom stereocenters. The van der Waals surface area contributed by atoms with Gasteiger partial charge in [0.05, 0.1) is 0 Å². The van der Waals surface area contributed by atoms with Crippen LogP contribution in [-0.2, 0) is 6.61 Å². The minimum absolute atomic E-state index is 0.187. The van der Waals surface area contributed by atoms with Gasteiger partial charge in [-0.25, -0.2) is 0 Å². The highest BCUT2D eigenvalue weighted by molar-refractivity contribution is 5.02. The Morgan fingerprint density at radius 2 is 2.16 bits per heavy atom. The quantitative estimate of drug-likeness (QED) is 0.821. The van der Waals surface area contributed by atoms with Crippen molar-refractivity contribution in [2.24, 2.45) is 0 Å². The van der Waals surface area contributed by atoms with Crippen LogP contribution >= 0.6 is 0 Å². The lowest BCUT2D eigenvalue weighted by atomic mass is 10.2. The molecule has 0 N–H and O–H groups in total. The van der Waals surface area contributed by atoms with Gasteiger partial charge in [-0.05, 0) is 19.8 Å². The van der Waals surface area contributed by atoms with Crippen LogP contribution in [0.4, 0.5) is 0 Å². The second-order valence-electron chi connectivity index (χ2n) is 5.13. The van der Waals surface area contributed by atoms with E-state index in [0.29, 0.717) is 18.5 Å². The molecule has 1 fully saturated rings. The maximum atomic E-state index is 5.49. The molecule has 0 aliphatic heterocycles. The minimum Gasteiger partial charge on any atom is -0.441 e. The van der Waals surface area contributed by atoms with Crippen LogP contribution in [0.5, 0.6) is 6.08 Å². The van der Waals surface area contributed by atoms with Crippen molar-refractivity contribution in [3.05, 3.63) is 17.5 Å². The van der Waals surface area contributed by atoms with Gasteiger partial charge in [-0.15, -0.1) is 10.2 Å². The molecule has 2 aromatic rings.